The van der Waals surface area contributed by atoms with E-state index < -0.39 is 16.3 Å². The van der Waals surface area contributed by atoms with Crippen molar-refractivity contribution in [2.45, 2.75) is 13.1 Å². The average Bonchev–Trinajstić information content (AvgIpc) is 1.59. The van der Waals surface area contributed by atoms with E-state index in [2.05, 4.69) is 4.18 Å². The number of hydrogen-bond acceptors (Lipinski definition) is 3. The van der Waals surface area contributed by atoms with E-state index in [1.165, 1.54) is 6.92 Å². The van der Waals surface area contributed by atoms with Gasteiger partial charge in [0.05, 0.1) is 6.26 Å². The fourth-order valence-electron chi connectivity index (χ4n) is 0.177. The maximum Gasteiger partial charge on any atom is 0.264 e. The SMILES string of the molecule is C[C@@H](F)[CH]OS(C)(=O)=O. The molecule has 0 spiro atoms. The van der Waals surface area contributed by atoms with Crippen molar-refractivity contribution >= 4 is 10.1 Å². The maximum atomic E-state index is 11.8. The van der Waals surface area contributed by atoms with Gasteiger partial charge in [0, 0.05) is 0 Å². The standard InChI is InChI=1S/C4H8FO3S/c1-4(5)3-8-9(2,6)7/h3-4H,1-2H3/t4-/m1/s1. The Hall–Kier alpha value is -0.160. The Morgan fingerprint density at radius 1 is 1.67 bits per heavy atom. The van der Waals surface area contributed by atoms with Crippen LogP contribution in [-0.4, -0.2) is 20.8 Å². The van der Waals surface area contributed by atoms with Crippen LogP contribution in [0.3, 0.4) is 0 Å². The Morgan fingerprint density at radius 2 is 2.11 bits per heavy atom. The molecule has 3 nitrogen and oxygen atoms in total. The lowest BCUT2D eigenvalue weighted by atomic mass is 10.5. The highest BCUT2D eigenvalue weighted by molar-refractivity contribution is 7.86. The Labute approximate surface area is 53.9 Å². The molecular formula is C4H8FO3S. The lowest BCUT2D eigenvalue weighted by molar-refractivity contribution is 0.282. The van der Waals surface area contributed by atoms with Crippen LogP contribution in [0.15, 0.2) is 0 Å². The van der Waals surface area contributed by atoms with Gasteiger partial charge >= 0.3 is 0 Å². The van der Waals surface area contributed by atoms with E-state index in [-0.39, 0.29) is 0 Å². The average molecular weight is 155 g/mol. The molecule has 0 heterocycles. The number of halogens is 1. The fourth-order valence-corrected chi connectivity index (χ4v) is 0.532. The highest BCUT2D eigenvalue weighted by Gasteiger charge is 2.05. The second-order valence-electron chi connectivity index (χ2n) is 1.61. The predicted octanol–water partition coefficient (Wildman–Crippen LogP) is 0.482. The van der Waals surface area contributed by atoms with Gasteiger partial charge in [0.1, 0.15) is 12.8 Å². The van der Waals surface area contributed by atoms with E-state index in [1.807, 2.05) is 0 Å². The minimum absolute atomic E-state index is 0.620. The van der Waals surface area contributed by atoms with Gasteiger partial charge in [-0.25, -0.2) is 4.39 Å². The molecule has 0 aliphatic rings. The number of hydrogen-bond donors (Lipinski definition) is 0. The van der Waals surface area contributed by atoms with Crippen molar-refractivity contribution < 1.29 is 17.0 Å². The van der Waals surface area contributed by atoms with Crippen molar-refractivity contribution in [2.75, 3.05) is 6.26 Å². The normalized spacial score (nSPS) is 15.4. The van der Waals surface area contributed by atoms with Gasteiger partial charge in [-0.1, -0.05) is 0 Å². The fraction of sp³-hybridized carbons (Fsp3) is 0.750. The summed E-state index contributed by atoms with van der Waals surface area (Å²) in [5.41, 5.74) is 0. The van der Waals surface area contributed by atoms with Gasteiger partial charge in [-0.2, -0.15) is 8.42 Å². The predicted molar refractivity (Wildman–Crippen MR) is 30.8 cm³/mol. The summed E-state index contributed by atoms with van der Waals surface area (Å²) in [5, 5.41) is 0. The third kappa shape index (κ3) is 7.84. The lowest BCUT2D eigenvalue weighted by Gasteiger charge is -1.98. The molecule has 9 heavy (non-hydrogen) atoms. The first-order valence-corrected chi connectivity index (χ1v) is 4.09. The van der Waals surface area contributed by atoms with Gasteiger partial charge < -0.3 is 0 Å². The van der Waals surface area contributed by atoms with Gasteiger partial charge in [-0.15, -0.1) is 0 Å². The number of alkyl halides is 1. The molecule has 0 saturated heterocycles. The highest BCUT2D eigenvalue weighted by Crippen LogP contribution is 1.98. The molecule has 0 amide bonds. The van der Waals surface area contributed by atoms with Crippen molar-refractivity contribution in [2.24, 2.45) is 0 Å². The molecule has 0 N–H and O–H groups in total. The van der Waals surface area contributed by atoms with Crippen LogP contribution in [0.4, 0.5) is 4.39 Å². The molecule has 1 radical (unpaired) electrons. The molecule has 55 valence electrons. The summed E-state index contributed by atoms with van der Waals surface area (Å²) < 4.78 is 36.0. The lowest BCUT2D eigenvalue weighted by Crippen LogP contribution is -2.05. The quantitative estimate of drug-likeness (QED) is 0.557. The molecule has 0 unspecified atom stereocenters. The molecule has 0 fully saturated rings. The summed E-state index contributed by atoms with van der Waals surface area (Å²) in [7, 11) is -3.51. The molecule has 0 aromatic carbocycles. The van der Waals surface area contributed by atoms with Crippen LogP contribution in [-0.2, 0) is 14.3 Å². The minimum atomic E-state index is -3.51. The van der Waals surface area contributed by atoms with Crippen LogP contribution < -0.4 is 0 Å². The van der Waals surface area contributed by atoms with E-state index in [0.717, 1.165) is 6.26 Å². The third-order valence-electron chi connectivity index (χ3n) is 0.418. The van der Waals surface area contributed by atoms with Crippen LogP contribution in [0.5, 0.6) is 0 Å². The largest absolute Gasteiger partial charge is 0.264 e. The molecule has 0 bridgehead atoms. The number of rotatable bonds is 3. The summed E-state index contributed by atoms with van der Waals surface area (Å²) in [6.07, 6.45) is -0.508. The second kappa shape index (κ2) is 3.12. The van der Waals surface area contributed by atoms with Crippen LogP contribution in [0.25, 0.3) is 0 Å². The van der Waals surface area contributed by atoms with E-state index >= 15 is 0 Å². The third-order valence-corrected chi connectivity index (χ3v) is 0.879. The zero-order valence-electron chi connectivity index (χ0n) is 5.17. The highest BCUT2D eigenvalue weighted by atomic mass is 32.2. The van der Waals surface area contributed by atoms with Crippen molar-refractivity contribution in [1.82, 2.24) is 0 Å². The second-order valence-corrected chi connectivity index (χ2v) is 3.21. The topological polar surface area (TPSA) is 43.4 Å². The minimum Gasteiger partial charge on any atom is -0.261 e. The molecule has 0 aromatic rings. The van der Waals surface area contributed by atoms with Crippen LogP contribution in [0.2, 0.25) is 0 Å². The summed E-state index contributed by atoms with van der Waals surface area (Å²) in [6.45, 7) is 1.79. The Balaban J connectivity index is 3.53. The first kappa shape index (κ1) is 8.84. The Bertz CT molecular complexity index is 161. The van der Waals surface area contributed by atoms with Crippen LogP contribution in [0.1, 0.15) is 6.92 Å². The van der Waals surface area contributed by atoms with Crippen molar-refractivity contribution in [3.63, 3.8) is 0 Å². The van der Waals surface area contributed by atoms with Gasteiger partial charge in [-0.05, 0) is 6.92 Å². The van der Waals surface area contributed by atoms with Crippen LogP contribution in [0, 0.1) is 6.61 Å². The summed E-state index contributed by atoms with van der Waals surface area (Å²) >= 11 is 0. The van der Waals surface area contributed by atoms with Crippen molar-refractivity contribution in [1.29, 1.82) is 0 Å². The van der Waals surface area contributed by atoms with Gasteiger partial charge in [-0.3, -0.25) is 4.18 Å². The first-order chi connectivity index (χ1) is 3.92. The molecule has 5 heteroatoms. The summed E-state index contributed by atoms with van der Waals surface area (Å²) in [6, 6.07) is 0. The molecule has 0 aliphatic heterocycles. The molecule has 0 rings (SSSR count). The van der Waals surface area contributed by atoms with E-state index in [1.54, 1.807) is 0 Å². The van der Waals surface area contributed by atoms with E-state index in [4.69, 9.17) is 0 Å². The monoisotopic (exact) mass is 155 g/mol. The van der Waals surface area contributed by atoms with Gasteiger partial charge in [0.25, 0.3) is 10.1 Å². The van der Waals surface area contributed by atoms with E-state index in [9.17, 15) is 12.8 Å². The van der Waals surface area contributed by atoms with Crippen molar-refractivity contribution in [3.05, 3.63) is 6.61 Å². The van der Waals surface area contributed by atoms with Crippen LogP contribution >= 0.6 is 0 Å². The molecule has 0 aliphatic carbocycles. The first-order valence-electron chi connectivity index (χ1n) is 2.27. The summed E-state index contributed by atoms with van der Waals surface area (Å²) in [4.78, 5) is 0. The summed E-state index contributed by atoms with van der Waals surface area (Å²) in [5.74, 6) is 0. The molecule has 0 saturated carbocycles. The van der Waals surface area contributed by atoms with Gasteiger partial charge in [0.2, 0.25) is 0 Å². The Kier molecular flexibility index (Phi) is 3.07. The smallest absolute Gasteiger partial charge is 0.261 e. The zero-order valence-corrected chi connectivity index (χ0v) is 5.98. The maximum absolute atomic E-state index is 11.8. The molecular weight excluding hydrogens is 147 g/mol. The van der Waals surface area contributed by atoms with E-state index in [0.29, 0.717) is 6.61 Å². The Morgan fingerprint density at radius 3 is 2.22 bits per heavy atom. The zero-order chi connectivity index (χ0) is 7.49. The van der Waals surface area contributed by atoms with Gasteiger partial charge in [0.15, 0.2) is 0 Å². The molecule has 0 aromatic heterocycles. The molecule has 1 atom stereocenters. The van der Waals surface area contributed by atoms with Crippen molar-refractivity contribution in [3.8, 4) is 0 Å².